The monoisotopic (exact) mass is 181 g/mol. The minimum atomic E-state index is -1.06. The molecule has 0 atom stereocenters. The van der Waals surface area contributed by atoms with Gasteiger partial charge < -0.3 is 9.67 Å². The molecule has 70 valence electrons. The number of hydrogen-bond donors (Lipinski definition) is 1. The van der Waals surface area contributed by atoms with Crippen LogP contribution in [0.3, 0.4) is 0 Å². The Balaban J connectivity index is 3.39. The number of hydrogen-bond acceptors (Lipinski definition) is 2. The molecule has 1 N–H and O–H groups in total. The van der Waals surface area contributed by atoms with Crippen LogP contribution in [0.15, 0.2) is 16.9 Å². The molecule has 1 rings (SSSR count). The van der Waals surface area contributed by atoms with Gasteiger partial charge in [-0.2, -0.15) is 0 Å². The van der Waals surface area contributed by atoms with Gasteiger partial charge in [0.25, 0.3) is 5.56 Å². The summed E-state index contributed by atoms with van der Waals surface area (Å²) in [5, 5.41) is 8.67. The lowest BCUT2D eigenvalue weighted by Crippen LogP contribution is -2.21. The Bertz CT molecular complexity index is 392. The second kappa shape index (κ2) is 3.43. The molecule has 13 heavy (non-hydrogen) atoms. The molecule has 0 aliphatic rings. The summed E-state index contributed by atoms with van der Waals surface area (Å²) >= 11 is 0. The Morgan fingerprint density at radius 3 is 2.62 bits per heavy atom. The molecule has 0 aliphatic heterocycles. The Kier molecular flexibility index (Phi) is 2.51. The van der Waals surface area contributed by atoms with Crippen LogP contribution in [0.2, 0.25) is 0 Å². The fourth-order valence-corrected chi connectivity index (χ4v) is 1.15. The molecule has 0 spiro atoms. The second-order valence-electron chi connectivity index (χ2n) is 2.79. The maximum atomic E-state index is 11.2. The van der Waals surface area contributed by atoms with E-state index in [1.807, 2.05) is 6.92 Å². The number of nitrogens with zero attached hydrogens (tertiary/aromatic N) is 1. The van der Waals surface area contributed by atoms with Crippen LogP contribution >= 0.6 is 0 Å². The first-order chi connectivity index (χ1) is 6.06. The summed E-state index contributed by atoms with van der Waals surface area (Å²) in [7, 11) is 1.63. The van der Waals surface area contributed by atoms with Crippen molar-refractivity contribution in [3.05, 3.63) is 33.7 Å². The summed E-state index contributed by atoms with van der Waals surface area (Å²) in [6.07, 6.45) is 0.646. The standard InChI is InChI=1S/C9H11NO3/c1-3-7-4-6(9(12)13)5-8(11)10(7)2/h4-5H,3H2,1-2H3,(H,12,13). The zero-order chi connectivity index (χ0) is 10.0. The van der Waals surface area contributed by atoms with Crippen molar-refractivity contribution in [2.45, 2.75) is 13.3 Å². The first-order valence-corrected chi connectivity index (χ1v) is 3.99. The lowest BCUT2D eigenvalue weighted by molar-refractivity contribution is 0.0696. The molecule has 1 aromatic rings. The van der Waals surface area contributed by atoms with Crippen molar-refractivity contribution in [1.29, 1.82) is 0 Å². The Morgan fingerprint density at radius 1 is 1.54 bits per heavy atom. The Labute approximate surface area is 75.4 Å². The average molecular weight is 181 g/mol. The number of pyridine rings is 1. The number of aromatic nitrogens is 1. The van der Waals surface area contributed by atoms with Gasteiger partial charge >= 0.3 is 5.97 Å². The Hall–Kier alpha value is -1.58. The van der Waals surface area contributed by atoms with E-state index < -0.39 is 5.97 Å². The number of aryl methyl sites for hydroxylation is 1. The molecule has 1 aromatic heterocycles. The third-order valence-electron chi connectivity index (χ3n) is 1.97. The third kappa shape index (κ3) is 1.77. The Morgan fingerprint density at radius 2 is 2.15 bits per heavy atom. The van der Waals surface area contributed by atoms with Gasteiger partial charge in [0.15, 0.2) is 0 Å². The molecule has 0 amide bonds. The highest BCUT2D eigenvalue weighted by Crippen LogP contribution is 2.01. The van der Waals surface area contributed by atoms with E-state index in [1.165, 1.54) is 10.6 Å². The van der Waals surface area contributed by atoms with Crippen LogP contribution in [-0.4, -0.2) is 15.6 Å². The predicted octanol–water partition coefficient (Wildman–Crippen LogP) is 0.646. The molecule has 0 aliphatic carbocycles. The minimum Gasteiger partial charge on any atom is -0.478 e. The maximum absolute atomic E-state index is 11.2. The van der Waals surface area contributed by atoms with Gasteiger partial charge in [0.2, 0.25) is 0 Å². The predicted molar refractivity (Wildman–Crippen MR) is 48.0 cm³/mol. The zero-order valence-electron chi connectivity index (χ0n) is 7.57. The second-order valence-corrected chi connectivity index (χ2v) is 2.79. The molecule has 0 aromatic carbocycles. The van der Waals surface area contributed by atoms with Gasteiger partial charge in [-0.05, 0) is 12.5 Å². The minimum absolute atomic E-state index is 0.0555. The number of carboxylic acids is 1. The first kappa shape index (κ1) is 9.51. The van der Waals surface area contributed by atoms with Crippen LogP contribution in [0, 0.1) is 0 Å². The largest absolute Gasteiger partial charge is 0.478 e. The summed E-state index contributed by atoms with van der Waals surface area (Å²) in [4.78, 5) is 21.8. The molecule has 4 heteroatoms. The van der Waals surface area contributed by atoms with Crippen molar-refractivity contribution in [2.24, 2.45) is 7.05 Å². The third-order valence-corrected chi connectivity index (χ3v) is 1.97. The van der Waals surface area contributed by atoms with Crippen LogP contribution in [0.1, 0.15) is 23.0 Å². The number of rotatable bonds is 2. The summed E-state index contributed by atoms with van der Waals surface area (Å²) in [6, 6.07) is 2.64. The van der Waals surface area contributed by atoms with Crippen molar-refractivity contribution in [2.75, 3.05) is 0 Å². The molecule has 0 radical (unpaired) electrons. The molecule has 0 unspecified atom stereocenters. The molecule has 0 bridgehead atoms. The highest BCUT2D eigenvalue weighted by Gasteiger charge is 2.07. The SMILES string of the molecule is CCc1cc(C(=O)O)cc(=O)n1C. The molecule has 0 saturated heterocycles. The molecule has 1 heterocycles. The van der Waals surface area contributed by atoms with Gasteiger partial charge in [0, 0.05) is 18.8 Å². The summed E-state index contributed by atoms with van der Waals surface area (Å²) in [6.45, 7) is 1.88. The fourth-order valence-electron chi connectivity index (χ4n) is 1.15. The normalized spacial score (nSPS) is 10.0. The zero-order valence-corrected chi connectivity index (χ0v) is 7.57. The van der Waals surface area contributed by atoms with Crippen molar-refractivity contribution < 1.29 is 9.90 Å². The number of carboxylic acid groups (broad SMARTS) is 1. The van der Waals surface area contributed by atoms with E-state index in [0.29, 0.717) is 6.42 Å². The van der Waals surface area contributed by atoms with E-state index in [2.05, 4.69) is 0 Å². The molecular weight excluding hydrogens is 170 g/mol. The van der Waals surface area contributed by atoms with Crippen molar-refractivity contribution in [3.8, 4) is 0 Å². The summed E-state index contributed by atoms with van der Waals surface area (Å²) in [5.74, 6) is -1.06. The van der Waals surface area contributed by atoms with Gasteiger partial charge in [-0.1, -0.05) is 6.92 Å². The van der Waals surface area contributed by atoms with Crippen molar-refractivity contribution in [3.63, 3.8) is 0 Å². The lowest BCUT2D eigenvalue weighted by Gasteiger charge is -2.05. The van der Waals surface area contributed by atoms with Gasteiger partial charge in [0.05, 0.1) is 5.56 Å². The van der Waals surface area contributed by atoms with Crippen LogP contribution < -0.4 is 5.56 Å². The molecule has 4 nitrogen and oxygen atoms in total. The van der Waals surface area contributed by atoms with Gasteiger partial charge in [0.1, 0.15) is 0 Å². The van der Waals surface area contributed by atoms with Crippen LogP contribution in [0.4, 0.5) is 0 Å². The summed E-state index contributed by atoms with van der Waals surface area (Å²) in [5.41, 5.74) is 0.501. The van der Waals surface area contributed by atoms with Crippen LogP contribution in [0.5, 0.6) is 0 Å². The van der Waals surface area contributed by atoms with E-state index in [1.54, 1.807) is 7.05 Å². The van der Waals surface area contributed by atoms with E-state index in [-0.39, 0.29) is 11.1 Å². The van der Waals surface area contributed by atoms with Gasteiger partial charge in [-0.3, -0.25) is 4.79 Å². The maximum Gasteiger partial charge on any atom is 0.335 e. The highest BCUT2D eigenvalue weighted by molar-refractivity contribution is 5.87. The van der Waals surface area contributed by atoms with E-state index in [4.69, 9.17) is 5.11 Å². The molecule has 0 fully saturated rings. The smallest absolute Gasteiger partial charge is 0.335 e. The summed E-state index contributed by atoms with van der Waals surface area (Å²) < 4.78 is 1.45. The van der Waals surface area contributed by atoms with E-state index in [0.717, 1.165) is 11.8 Å². The van der Waals surface area contributed by atoms with Crippen LogP contribution in [0.25, 0.3) is 0 Å². The lowest BCUT2D eigenvalue weighted by atomic mass is 10.2. The number of carbonyl (C=O) groups is 1. The van der Waals surface area contributed by atoms with E-state index in [9.17, 15) is 9.59 Å². The fraction of sp³-hybridized carbons (Fsp3) is 0.333. The van der Waals surface area contributed by atoms with Crippen molar-refractivity contribution in [1.82, 2.24) is 4.57 Å². The first-order valence-electron chi connectivity index (χ1n) is 3.99. The topological polar surface area (TPSA) is 59.3 Å². The van der Waals surface area contributed by atoms with Crippen molar-refractivity contribution >= 4 is 5.97 Å². The van der Waals surface area contributed by atoms with Gasteiger partial charge in [-0.25, -0.2) is 4.79 Å². The molecule has 0 saturated carbocycles. The molecular formula is C9H11NO3. The highest BCUT2D eigenvalue weighted by atomic mass is 16.4. The average Bonchev–Trinajstić information content (AvgIpc) is 2.09. The van der Waals surface area contributed by atoms with Gasteiger partial charge in [-0.15, -0.1) is 0 Å². The quantitative estimate of drug-likeness (QED) is 0.728. The van der Waals surface area contributed by atoms with E-state index >= 15 is 0 Å². The number of aromatic carboxylic acids is 1. The van der Waals surface area contributed by atoms with Crippen LogP contribution in [-0.2, 0) is 13.5 Å².